The Morgan fingerprint density at radius 3 is 2.80 bits per heavy atom. The van der Waals surface area contributed by atoms with E-state index in [0.29, 0.717) is 33.5 Å². The van der Waals surface area contributed by atoms with Crippen molar-refractivity contribution in [1.29, 1.82) is 5.41 Å². The summed E-state index contributed by atoms with van der Waals surface area (Å²) in [5.41, 5.74) is 2.17. The number of ether oxygens (including phenoxy) is 1. The maximum atomic E-state index is 14.0. The molecule has 4 aromatic rings. The number of hydrogen-bond donors (Lipinski definition) is 3. The van der Waals surface area contributed by atoms with Crippen LogP contribution in [-0.4, -0.2) is 26.3 Å². The molecule has 8 heteroatoms. The van der Waals surface area contributed by atoms with Crippen molar-refractivity contribution in [1.82, 2.24) is 15.0 Å². The molecule has 0 aliphatic heterocycles. The second-order valence-corrected chi connectivity index (χ2v) is 6.61. The van der Waals surface area contributed by atoms with E-state index in [4.69, 9.17) is 10.1 Å². The van der Waals surface area contributed by atoms with Crippen molar-refractivity contribution in [2.75, 3.05) is 5.32 Å². The molecule has 0 aliphatic rings. The van der Waals surface area contributed by atoms with E-state index in [2.05, 4.69) is 20.3 Å². The first-order chi connectivity index (χ1) is 14.5. The predicted octanol–water partition coefficient (Wildman–Crippen LogP) is 4.83. The zero-order valence-corrected chi connectivity index (χ0v) is 16.0. The van der Waals surface area contributed by atoms with Gasteiger partial charge >= 0.3 is 6.01 Å². The summed E-state index contributed by atoms with van der Waals surface area (Å²) in [6.45, 7) is 1.84. The fraction of sp³-hybridized carbons (Fsp3) is 0.0909. The van der Waals surface area contributed by atoms with Crippen LogP contribution in [0.4, 0.5) is 10.1 Å². The fourth-order valence-corrected chi connectivity index (χ4v) is 3.09. The molecule has 0 fully saturated rings. The van der Waals surface area contributed by atoms with Gasteiger partial charge in [0, 0.05) is 29.2 Å². The SMILES string of the molecule is CC(Nc1ccc(Oc2nc(O)c3ccncc3n2)cc1C=N)c1ccccc1F. The van der Waals surface area contributed by atoms with E-state index >= 15 is 0 Å². The minimum absolute atomic E-state index is 0.0376. The van der Waals surface area contributed by atoms with Gasteiger partial charge in [0.1, 0.15) is 11.6 Å². The summed E-state index contributed by atoms with van der Waals surface area (Å²) in [7, 11) is 0. The zero-order valence-electron chi connectivity index (χ0n) is 16.0. The van der Waals surface area contributed by atoms with Gasteiger partial charge in [-0.1, -0.05) is 18.2 Å². The van der Waals surface area contributed by atoms with Gasteiger partial charge in [-0.15, -0.1) is 0 Å². The molecule has 150 valence electrons. The van der Waals surface area contributed by atoms with Gasteiger partial charge in [-0.3, -0.25) is 4.98 Å². The van der Waals surface area contributed by atoms with Crippen LogP contribution >= 0.6 is 0 Å². The number of anilines is 1. The number of halogens is 1. The summed E-state index contributed by atoms with van der Waals surface area (Å²) in [5, 5.41) is 21.5. The predicted molar refractivity (Wildman–Crippen MR) is 112 cm³/mol. The minimum Gasteiger partial charge on any atom is -0.493 e. The van der Waals surface area contributed by atoms with Crippen LogP contribution in [-0.2, 0) is 0 Å². The molecule has 1 atom stereocenters. The van der Waals surface area contributed by atoms with Crippen LogP contribution in [0.2, 0.25) is 0 Å². The topological polar surface area (TPSA) is 104 Å². The van der Waals surface area contributed by atoms with Gasteiger partial charge in [-0.25, -0.2) is 4.39 Å². The Balaban J connectivity index is 1.58. The smallest absolute Gasteiger partial charge is 0.325 e. The van der Waals surface area contributed by atoms with Crippen molar-refractivity contribution < 1.29 is 14.2 Å². The number of rotatable bonds is 6. The van der Waals surface area contributed by atoms with Crippen molar-refractivity contribution in [3.63, 3.8) is 0 Å². The van der Waals surface area contributed by atoms with Crippen molar-refractivity contribution >= 4 is 22.8 Å². The van der Waals surface area contributed by atoms with Crippen molar-refractivity contribution in [3.05, 3.63) is 77.9 Å². The molecule has 0 spiro atoms. The summed E-state index contributed by atoms with van der Waals surface area (Å²) in [4.78, 5) is 12.2. The first-order valence-corrected chi connectivity index (χ1v) is 9.19. The first-order valence-electron chi connectivity index (χ1n) is 9.19. The van der Waals surface area contributed by atoms with E-state index in [1.54, 1.807) is 42.5 Å². The average molecular weight is 403 g/mol. The normalized spacial score (nSPS) is 11.8. The van der Waals surface area contributed by atoms with Crippen molar-refractivity contribution in [3.8, 4) is 17.6 Å². The van der Waals surface area contributed by atoms with Gasteiger partial charge in [0.05, 0.1) is 23.1 Å². The number of nitrogens with zero attached hydrogens (tertiary/aromatic N) is 3. The quantitative estimate of drug-likeness (QED) is 0.398. The lowest BCUT2D eigenvalue weighted by atomic mass is 10.1. The molecule has 0 amide bonds. The molecule has 0 bridgehead atoms. The van der Waals surface area contributed by atoms with Crippen LogP contribution in [0.5, 0.6) is 17.6 Å². The highest BCUT2D eigenvalue weighted by Crippen LogP contribution is 2.29. The third-order valence-electron chi connectivity index (χ3n) is 4.59. The lowest BCUT2D eigenvalue weighted by molar-refractivity contribution is 0.412. The van der Waals surface area contributed by atoms with E-state index in [1.165, 1.54) is 24.7 Å². The first kappa shape index (κ1) is 19.3. The molecule has 1 unspecified atom stereocenters. The molecule has 0 saturated carbocycles. The molecule has 7 nitrogen and oxygen atoms in total. The zero-order chi connectivity index (χ0) is 21.1. The second-order valence-electron chi connectivity index (χ2n) is 6.61. The van der Waals surface area contributed by atoms with Crippen molar-refractivity contribution in [2.45, 2.75) is 13.0 Å². The Morgan fingerprint density at radius 1 is 1.17 bits per heavy atom. The summed E-state index contributed by atoms with van der Waals surface area (Å²) in [6.07, 6.45) is 4.21. The molecule has 0 radical (unpaired) electrons. The van der Waals surface area contributed by atoms with E-state index in [1.807, 2.05) is 6.92 Å². The van der Waals surface area contributed by atoms with Crippen LogP contribution in [0.15, 0.2) is 60.9 Å². The molecule has 0 aliphatic carbocycles. The Kier molecular flexibility index (Phi) is 5.21. The number of hydrogen-bond acceptors (Lipinski definition) is 7. The Bertz CT molecular complexity index is 1230. The Hall–Kier alpha value is -4.07. The average Bonchev–Trinajstić information content (AvgIpc) is 2.75. The van der Waals surface area contributed by atoms with E-state index in [-0.39, 0.29) is 23.7 Å². The highest BCUT2D eigenvalue weighted by atomic mass is 19.1. The molecule has 4 rings (SSSR count). The number of aromatic hydroxyl groups is 1. The lowest BCUT2D eigenvalue weighted by Gasteiger charge is -2.18. The molecule has 3 N–H and O–H groups in total. The Morgan fingerprint density at radius 2 is 2.00 bits per heavy atom. The maximum Gasteiger partial charge on any atom is 0.325 e. The summed E-state index contributed by atoms with van der Waals surface area (Å²) in [6, 6.07) is 12.9. The molecular weight excluding hydrogens is 385 g/mol. The third kappa shape index (κ3) is 3.88. The molecule has 2 aromatic carbocycles. The standard InChI is InChI=1S/C22H18FN5O2/c1-13(16-4-2-3-5-18(16)23)26-19-7-6-15(10-14(19)11-24)30-22-27-20-12-25-9-8-17(20)21(29)28-22/h2-13,24,26H,1H3,(H,27,28,29). The van der Waals surface area contributed by atoms with Crippen LogP contribution in [0, 0.1) is 11.2 Å². The van der Waals surface area contributed by atoms with E-state index < -0.39 is 0 Å². The highest BCUT2D eigenvalue weighted by molar-refractivity contribution is 5.86. The number of pyridine rings is 1. The van der Waals surface area contributed by atoms with Crippen LogP contribution in [0.25, 0.3) is 10.9 Å². The number of nitrogens with one attached hydrogen (secondary N) is 2. The number of aromatic nitrogens is 3. The minimum atomic E-state index is -0.301. The van der Waals surface area contributed by atoms with Crippen LogP contribution < -0.4 is 10.1 Å². The van der Waals surface area contributed by atoms with Gasteiger partial charge in [0.15, 0.2) is 0 Å². The summed E-state index contributed by atoms with van der Waals surface area (Å²) < 4.78 is 19.7. The fourth-order valence-electron chi connectivity index (χ4n) is 3.09. The highest BCUT2D eigenvalue weighted by Gasteiger charge is 2.13. The lowest BCUT2D eigenvalue weighted by Crippen LogP contribution is -2.10. The second kappa shape index (κ2) is 8.12. The van der Waals surface area contributed by atoms with Crippen molar-refractivity contribution in [2.24, 2.45) is 0 Å². The number of fused-ring (bicyclic) bond motifs is 1. The summed E-state index contributed by atoms with van der Waals surface area (Å²) in [5.74, 6) is -0.112. The molecule has 30 heavy (non-hydrogen) atoms. The van der Waals surface area contributed by atoms with Gasteiger partial charge in [-0.2, -0.15) is 9.97 Å². The van der Waals surface area contributed by atoms with Crippen LogP contribution in [0.3, 0.4) is 0 Å². The molecule has 2 heterocycles. The number of benzene rings is 2. The molecular formula is C22H18FN5O2. The monoisotopic (exact) mass is 403 g/mol. The van der Waals surface area contributed by atoms with Gasteiger partial charge in [-0.05, 0) is 37.3 Å². The maximum absolute atomic E-state index is 14.0. The molecule has 0 saturated heterocycles. The van der Waals surface area contributed by atoms with Gasteiger partial charge in [0.25, 0.3) is 0 Å². The third-order valence-corrected chi connectivity index (χ3v) is 4.59. The van der Waals surface area contributed by atoms with Crippen LogP contribution in [0.1, 0.15) is 24.1 Å². The largest absolute Gasteiger partial charge is 0.493 e. The summed E-state index contributed by atoms with van der Waals surface area (Å²) >= 11 is 0. The molecule has 2 aromatic heterocycles. The van der Waals surface area contributed by atoms with E-state index in [9.17, 15) is 9.50 Å². The van der Waals surface area contributed by atoms with E-state index in [0.717, 1.165) is 0 Å². The van der Waals surface area contributed by atoms with Gasteiger partial charge < -0.3 is 20.6 Å². The van der Waals surface area contributed by atoms with Gasteiger partial charge in [0.2, 0.25) is 5.88 Å². The Labute approximate surface area is 171 Å².